The average Bonchev–Trinajstić information content (AvgIpc) is 2.01. The van der Waals surface area contributed by atoms with Gasteiger partial charge in [-0.15, -0.1) is 0 Å². The molecule has 0 amide bonds. The first-order valence-electron chi connectivity index (χ1n) is 3.81. The number of ether oxygens (including phenoxy) is 1. The molecule has 0 unspecified atom stereocenters. The van der Waals surface area contributed by atoms with Gasteiger partial charge in [-0.2, -0.15) is 0 Å². The van der Waals surface area contributed by atoms with Crippen molar-refractivity contribution in [2.45, 2.75) is 6.92 Å². The van der Waals surface area contributed by atoms with E-state index in [1.54, 1.807) is 0 Å². The molecule has 0 spiro atoms. The minimum atomic E-state index is -0.987. The van der Waals surface area contributed by atoms with Gasteiger partial charge >= 0.3 is 5.97 Å². The molecule has 0 radical (unpaired) electrons. The number of benzene rings is 1. The van der Waals surface area contributed by atoms with Gasteiger partial charge in [0.15, 0.2) is 6.61 Å². The molecule has 0 aliphatic heterocycles. The minimum Gasteiger partial charge on any atom is -0.480 e. The average molecular weight is 324 g/mol. The van der Waals surface area contributed by atoms with Crippen LogP contribution in [0, 0.1) is 6.92 Å². The summed E-state index contributed by atoms with van der Waals surface area (Å²) in [6, 6.07) is 3.67. The number of carbonyl (C=O) groups is 1. The third kappa shape index (κ3) is 2.99. The lowest BCUT2D eigenvalue weighted by molar-refractivity contribution is -0.139. The van der Waals surface area contributed by atoms with Crippen LogP contribution >= 0.6 is 31.9 Å². The smallest absolute Gasteiger partial charge is 0.341 e. The number of hydrogen-bond acceptors (Lipinski definition) is 2. The van der Waals surface area contributed by atoms with Gasteiger partial charge in [-0.25, -0.2) is 4.79 Å². The van der Waals surface area contributed by atoms with E-state index < -0.39 is 5.97 Å². The Kier molecular flexibility index (Phi) is 3.95. The van der Waals surface area contributed by atoms with Crippen molar-refractivity contribution in [3.8, 4) is 5.75 Å². The molecule has 14 heavy (non-hydrogen) atoms. The minimum absolute atomic E-state index is 0.332. The topological polar surface area (TPSA) is 46.5 Å². The Hall–Kier alpha value is -0.550. The molecule has 0 bridgehead atoms. The van der Waals surface area contributed by atoms with E-state index >= 15 is 0 Å². The molecule has 0 saturated heterocycles. The summed E-state index contributed by atoms with van der Waals surface area (Å²) in [4.78, 5) is 10.3. The normalized spacial score (nSPS) is 9.93. The van der Waals surface area contributed by atoms with Gasteiger partial charge in [0.2, 0.25) is 0 Å². The zero-order valence-corrected chi connectivity index (χ0v) is 10.6. The van der Waals surface area contributed by atoms with Crippen LogP contribution in [0.4, 0.5) is 0 Å². The lowest BCUT2D eigenvalue weighted by atomic mass is 10.2. The molecule has 1 aromatic rings. The summed E-state index contributed by atoms with van der Waals surface area (Å²) in [5, 5.41) is 8.46. The second kappa shape index (κ2) is 4.79. The molecule has 1 N–H and O–H groups in total. The summed E-state index contributed by atoms with van der Waals surface area (Å²) in [6.07, 6.45) is 0. The number of halogens is 2. The molecule has 0 heterocycles. The molecule has 1 aromatic carbocycles. The molecule has 1 rings (SSSR count). The van der Waals surface area contributed by atoms with Gasteiger partial charge in [-0.05, 0) is 40.5 Å². The van der Waals surface area contributed by atoms with Crippen LogP contribution in [-0.2, 0) is 4.79 Å². The van der Waals surface area contributed by atoms with Crippen molar-refractivity contribution in [2.75, 3.05) is 6.61 Å². The summed E-state index contributed by atoms with van der Waals surface area (Å²) in [5.41, 5.74) is 0.882. The monoisotopic (exact) mass is 322 g/mol. The van der Waals surface area contributed by atoms with Gasteiger partial charge in [0.05, 0.1) is 4.47 Å². The number of aryl methyl sites for hydroxylation is 1. The van der Waals surface area contributed by atoms with Gasteiger partial charge in [0.25, 0.3) is 0 Å². The predicted molar refractivity (Wildman–Crippen MR) is 59.7 cm³/mol. The van der Waals surface area contributed by atoms with Gasteiger partial charge in [0, 0.05) is 4.47 Å². The molecule has 0 aliphatic carbocycles. The van der Waals surface area contributed by atoms with Crippen LogP contribution in [0.25, 0.3) is 0 Å². The maximum absolute atomic E-state index is 10.3. The lowest BCUT2D eigenvalue weighted by Gasteiger charge is -2.09. The Bertz CT molecular complexity index is 340. The molecule has 76 valence electrons. The number of aliphatic carboxylic acids is 1. The summed E-state index contributed by atoms with van der Waals surface area (Å²) < 4.78 is 6.78. The van der Waals surface area contributed by atoms with E-state index in [4.69, 9.17) is 9.84 Å². The maximum atomic E-state index is 10.3. The van der Waals surface area contributed by atoms with Crippen molar-refractivity contribution < 1.29 is 14.6 Å². The third-order valence-electron chi connectivity index (χ3n) is 1.53. The highest BCUT2D eigenvalue weighted by Crippen LogP contribution is 2.32. The highest BCUT2D eigenvalue weighted by Gasteiger charge is 2.08. The lowest BCUT2D eigenvalue weighted by Crippen LogP contribution is -2.10. The van der Waals surface area contributed by atoms with E-state index in [-0.39, 0.29) is 6.61 Å². The Labute approximate surface area is 98.3 Å². The molecule has 3 nitrogen and oxygen atoms in total. The summed E-state index contributed by atoms with van der Waals surface area (Å²) >= 11 is 6.63. The standard InChI is InChI=1S/C9H8Br2O3/c1-5-2-6(10)3-7(11)9(5)14-4-8(12)13/h2-3H,4H2,1H3,(H,12,13). The molecule has 0 aromatic heterocycles. The summed E-state index contributed by atoms with van der Waals surface area (Å²) in [5.74, 6) is -0.421. The van der Waals surface area contributed by atoms with Crippen molar-refractivity contribution in [3.05, 3.63) is 26.6 Å². The quantitative estimate of drug-likeness (QED) is 0.930. The van der Waals surface area contributed by atoms with E-state index in [9.17, 15) is 4.79 Å². The number of carboxylic acids is 1. The molecule has 0 aliphatic rings. The largest absolute Gasteiger partial charge is 0.480 e. The highest BCUT2D eigenvalue weighted by molar-refractivity contribution is 9.11. The summed E-state index contributed by atoms with van der Waals surface area (Å²) in [7, 11) is 0. The van der Waals surface area contributed by atoms with Crippen LogP contribution in [0.3, 0.4) is 0 Å². The molecule has 0 saturated carbocycles. The fourth-order valence-corrected chi connectivity index (χ4v) is 2.56. The van der Waals surface area contributed by atoms with E-state index in [1.165, 1.54) is 0 Å². The molecular weight excluding hydrogens is 316 g/mol. The van der Waals surface area contributed by atoms with E-state index in [1.807, 2.05) is 19.1 Å². The Morgan fingerprint density at radius 1 is 1.50 bits per heavy atom. The summed E-state index contributed by atoms with van der Waals surface area (Å²) in [6.45, 7) is 1.52. The molecule has 0 atom stereocenters. The predicted octanol–water partition coefficient (Wildman–Crippen LogP) is 2.98. The highest BCUT2D eigenvalue weighted by atomic mass is 79.9. The van der Waals surface area contributed by atoms with Gasteiger partial charge in [-0.1, -0.05) is 15.9 Å². The number of hydrogen-bond donors (Lipinski definition) is 1. The zero-order chi connectivity index (χ0) is 10.7. The van der Waals surface area contributed by atoms with Crippen LogP contribution in [0.15, 0.2) is 21.1 Å². The Morgan fingerprint density at radius 3 is 2.64 bits per heavy atom. The van der Waals surface area contributed by atoms with Crippen LogP contribution < -0.4 is 4.74 Å². The second-order valence-electron chi connectivity index (χ2n) is 2.72. The molecule has 0 fully saturated rings. The first-order chi connectivity index (χ1) is 6.50. The Balaban J connectivity index is 2.91. The molecule has 5 heteroatoms. The fourth-order valence-electron chi connectivity index (χ4n) is 1.01. The van der Waals surface area contributed by atoms with Crippen molar-refractivity contribution in [3.63, 3.8) is 0 Å². The maximum Gasteiger partial charge on any atom is 0.341 e. The van der Waals surface area contributed by atoms with Crippen molar-refractivity contribution in [1.82, 2.24) is 0 Å². The van der Waals surface area contributed by atoms with E-state index in [2.05, 4.69) is 31.9 Å². The van der Waals surface area contributed by atoms with Crippen molar-refractivity contribution in [2.24, 2.45) is 0 Å². The van der Waals surface area contributed by atoms with E-state index in [0.29, 0.717) is 5.75 Å². The van der Waals surface area contributed by atoms with Crippen LogP contribution in [0.5, 0.6) is 5.75 Å². The van der Waals surface area contributed by atoms with Crippen molar-refractivity contribution in [1.29, 1.82) is 0 Å². The molecular formula is C9H8Br2O3. The van der Waals surface area contributed by atoms with Gasteiger partial charge < -0.3 is 9.84 Å². The number of rotatable bonds is 3. The fraction of sp³-hybridized carbons (Fsp3) is 0.222. The number of carboxylic acid groups (broad SMARTS) is 1. The van der Waals surface area contributed by atoms with Crippen LogP contribution in [-0.4, -0.2) is 17.7 Å². The van der Waals surface area contributed by atoms with Gasteiger partial charge in [0.1, 0.15) is 5.75 Å². The Morgan fingerprint density at radius 2 is 2.14 bits per heavy atom. The van der Waals surface area contributed by atoms with Crippen LogP contribution in [0.1, 0.15) is 5.56 Å². The second-order valence-corrected chi connectivity index (χ2v) is 4.49. The SMILES string of the molecule is Cc1cc(Br)cc(Br)c1OCC(=O)O. The third-order valence-corrected chi connectivity index (χ3v) is 2.58. The van der Waals surface area contributed by atoms with Gasteiger partial charge in [-0.3, -0.25) is 0 Å². The zero-order valence-electron chi connectivity index (χ0n) is 7.38. The van der Waals surface area contributed by atoms with Crippen LogP contribution in [0.2, 0.25) is 0 Å². The first kappa shape index (κ1) is 11.5. The van der Waals surface area contributed by atoms with E-state index in [0.717, 1.165) is 14.5 Å². The first-order valence-corrected chi connectivity index (χ1v) is 5.39. The van der Waals surface area contributed by atoms with Crippen molar-refractivity contribution >= 4 is 37.8 Å².